The Balaban J connectivity index is 2.77. The Bertz CT molecular complexity index is 418. The van der Waals surface area contributed by atoms with Gasteiger partial charge in [-0.25, -0.2) is 0 Å². The van der Waals surface area contributed by atoms with Crippen molar-refractivity contribution in [2.75, 3.05) is 19.6 Å². The predicted octanol–water partition coefficient (Wildman–Crippen LogP) is 4.15. The van der Waals surface area contributed by atoms with E-state index < -0.39 is 0 Å². The van der Waals surface area contributed by atoms with E-state index in [1.54, 1.807) is 18.2 Å². The van der Waals surface area contributed by atoms with Crippen LogP contribution >= 0.6 is 23.2 Å². The summed E-state index contributed by atoms with van der Waals surface area (Å²) in [6, 6.07) is 4.98. The Hall–Kier alpha value is -0.570. The molecule has 0 aliphatic rings. The molecule has 0 spiro atoms. The Morgan fingerprint density at radius 1 is 1.33 bits per heavy atom. The molecule has 1 rings (SSSR count). The lowest BCUT2D eigenvalue weighted by molar-refractivity contribution is 0.0926. The van der Waals surface area contributed by atoms with Crippen LogP contribution in [0, 0.1) is 5.92 Å². The monoisotopic (exact) mass is 287 g/mol. The molecule has 1 aromatic rings. The minimum atomic E-state index is 0.0185. The zero-order valence-corrected chi connectivity index (χ0v) is 12.6. The minimum absolute atomic E-state index is 0.0185. The molecule has 0 bridgehead atoms. The van der Waals surface area contributed by atoms with Crippen LogP contribution in [0.2, 0.25) is 10.0 Å². The summed E-state index contributed by atoms with van der Waals surface area (Å²) in [6.45, 7) is 8.46. The van der Waals surface area contributed by atoms with Crippen molar-refractivity contribution in [3.05, 3.63) is 33.8 Å². The van der Waals surface area contributed by atoms with Crippen molar-refractivity contribution in [1.29, 1.82) is 0 Å². The molecule has 0 heterocycles. The summed E-state index contributed by atoms with van der Waals surface area (Å²) < 4.78 is 0. The first-order valence-electron chi connectivity index (χ1n) is 6.14. The summed E-state index contributed by atoms with van der Waals surface area (Å²) in [7, 11) is 0. The molecule has 0 aliphatic carbocycles. The third-order valence-electron chi connectivity index (χ3n) is 2.67. The van der Waals surface area contributed by atoms with Gasteiger partial charge in [-0.15, -0.1) is 0 Å². The molecular weight excluding hydrogens is 269 g/mol. The summed E-state index contributed by atoms with van der Waals surface area (Å²) in [6.07, 6.45) is 0. The molecular formula is C14H19Cl2NO. The van der Waals surface area contributed by atoms with Crippen LogP contribution in [0.25, 0.3) is 0 Å². The SMILES string of the molecule is CCN(CC(=O)c1cc(Cl)ccc1Cl)CC(C)C. The van der Waals surface area contributed by atoms with Crippen molar-refractivity contribution < 1.29 is 4.79 Å². The van der Waals surface area contributed by atoms with Gasteiger partial charge in [0.1, 0.15) is 0 Å². The zero-order chi connectivity index (χ0) is 13.7. The van der Waals surface area contributed by atoms with Gasteiger partial charge >= 0.3 is 0 Å². The molecule has 4 heteroatoms. The molecule has 0 saturated carbocycles. The number of ketones is 1. The normalized spacial score (nSPS) is 11.3. The number of likely N-dealkylation sites (N-methyl/N-ethyl adjacent to an activating group) is 1. The van der Waals surface area contributed by atoms with E-state index in [0.29, 0.717) is 28.1 Å². The Labute approximate surface area is 119 Å². The number of Topliss-reactive ketones (excluding diaryl/α,β-unsaturated/α-hetero) is 1. The second kappa shape index (κ2) is 7.13. The van der Waals surface area contributed by atoms with Crippen LogP contribution in [-0.4, -0.2) is 30.3 Å². The second-order valence-corrected chi connectivity index (χ2v) is 5.61. The second-order valence-electron chi connectivity index (χ2n) is 4.77. The zero-order valence-electron chi connectivity index (χ0n) is 11.0. The highest BCUT2D eigenvalue weighted by atomic mass is 35.5. The highest BCUT2D eigenvalue weighted by molar-refractivity contribution is 6.36. The van der Waals surface area contributed by atoms with E-state index in [-0.39, 0.29) is 5.78 Å². The third kappa shape index (κ3) is 4.60. The molecule has 0 aliphatic heterocycles. The van der Waals surface area contributed by atoms with Crippen molar-refractivity contribution in [3.63, 3.8) is 0 Å². The molecule has 0 aromatic heterocycles. The van der Waals surface area contributed by atoms with Crippen LogP contribution in [-0.2, 0) is 0 Å². The molecule has 0 unspecified atom stereocenters. The summed E-state index contributed by atoms with van der Waals surface area (Å²) in [4.78, 5) is 14.3. The first-order valence-corrected chi connectivity index (χ1v) is 6.90. The lowest BCUT2D eigenvalue weighted by Crippen LogP contribution is -2.33. The Morgan fingerprint density at radius 3 is 2.56 bits per heavy atom. The average molecular weight is 288 g/mol. The molecule has 0 amide bonds. The average Bonchev–Trinajstić information content (AvgIpc) is 2.30. The highest BCUT2D eigenvalue weighted by Gasteiger charge is 2.15. The first kappa shape index (κ1) is 15.5. The topological polar surface area (TPSA) is 20.3 Å². The van der Waals surface area contributed by atoms with Crippen LogP contribution < -0.4 is 0 Å². The highest BCUT2D eigenvalue weighted by Crippen LogP contribution is 2.21. The summed E-state index contributed by atoms with van der Waals surface area (Å²) in [5, 5.41) is 1.000. The fourth-order valence-corrected chi connectivity index (χ4v) is 2.22. The van der Waals surface area contributed by atoms with E-state index in [0.717, 1.165) is 13.1 Å². The van der Waals surface area contributed by atoms with E-state index in [4.69, 9.17) is 23.2 Å². The largest absolute Gasteiger partial charge is 0.296 e. The van der Waals surface area contributed by atoms with Crippen LogP contribution in [0.3, 0.4) is 0 Å². The van der Waals surface area contributed by atoms with Crippen LogP contribution in [0.15, 0.2) is 18.2 Å². The Morgan fingerprint density at radius 2 is 2.00 bits per heavy atom. The number of halogens is 2. The van der Waals surface area contributed by atoms with Crippen molar-refractivity contribution in [2.24, 2.45) is 5.92 Å². The van der Waals surface area contributed by atoms with Gasteiger partial charge < -0.3 is 0 Å². The molecule has 18 heavy (non-hydrogen) atoms. The number of rotatable bonds is 6. The van der Waals surface area contributed by atoms with Crippen molar-refractivity contribution >= 4 is 29.0 Å². The molecule has 0 radical (unpaired) electrons. The maximum absolute atomic E-state index is 12.2. The summed E-state index contributed by atoms with van der Waals surface area (Å²) in [5.74, 6) is 0.553. The lowest BCUT2D eigenvalue weighted by atomic mass is 10.1. The molecule has 1 aromatic carbocycles. The van der Waals surface area contributed by atoms with Gasteiger partial charge in [0.25, 0.3) is 0 Å². The standard InChI is InChI=1S/C14H19Cl2NO/c1-4-17(8-10(2)3)9-14(18)12-7-11(15)5-6-13(12)16/h5-7,10H,4,8-9H2,1-3H3. The number of carbonyl (C=O) groups excluding carboxylic acids is 1. The van der Waals surface area contributed by atoms with Crippen molar-refractivity contribution in [1.82, 2.24) is 4.90 Å². The van der Waals surface area contributed by atoms with E-state index in [9.17, 15) is 4.79 Å². The van der Waals surface area contributed by atoms with Crippen molar-refractivity contribution in [3.8, 4) is 0 Å². The molecule has 2 nitrogen and oxygen atoms in total. The minimum Gasteiger partial charge on any atom is -0.296 e. The summed E-state index contributed by atoms with van der Waals surface area (Å²) in [5.41, 5.74) is 0.506. The van der Waals surface area contributed by atoms with E-state index in [1.165, 1.54) is 0 Å². The smallest absolute Gasteiger partial charge is 0.178 e. The van der Waals surface area contributed by atoms with Gasteiger partial charge in [0.2, 0.25) is 0 Å². The van der Waals surface area contributed by atoms with Gasteiger partial charge in [-0.2, -0.15) is 0 Å². The van der Waals surface area contributed by atoms with Crippen LogP contribution in [0.4, 0.5) is 0 Å². The van der Waals surface area contributed by atoms with Crippen LogP contribution in [0.5, 0.6) is 0 Å². The number of hydrogen-bond acceptors (Lipinski definition) is 2. The van der Waals surface area contributed by atoms with Crippen LogP contribution in [0.1, 0.15) is 31.1 Å². The van der Waals surface area contributed by atoms with E-state index in [2.05, 4.69) is 25.7 Å². The number of nitrogens with zero attached hydrogens (tertiary/aromatic N) is 1. The maximum Gasteiger partial charge on any atom is 0.178 e. The quantitative estimate of drug-likeness (QED) is 0.733. The molecule has 0 fully saturated rings. The lowest BCUT2D eigenvalue weighted by Gasteiger charge is -2.21. The maximum atomic E-state index is 12.2. The third-order valence-corrected chi connectivity index (χ3v) is 3.23. The van der Waals surface area contributed by atoms with Gasteiger partial charge in [-0.3, -0.25) is 9.69 Å². The number of benzene rings is 1. The molecule has 0 atom stereocenters. The summed E-state index contributed by atoms with van der Waals surface area (Å²) >= 11 is 11.9. The molecule has 0 N–H and O–H groups in total. The molecule has 100 valence electrons. The molecule has 0 saturated heterocycles. The Kier molecular flexibility index (Phi) is 6.13. The number of carbonyl (C=O) groups is 1. The predicted molar refractivity (Wildman–Crippen MR) is 77.7 cm³/mol. The first-order chi connectivity index (χ1) is 8.43. The number of hydrogen-bond donors (Lipinski definition) is 0. The van der Waals surface area contributed by atoms with Gasteiger partial charge in [0.15, 0.2) is 5.78 Å². The van der Waals surface area contributed by atoms with E-state index in [1.807, 2.05) is 0 Å². The fourth-order valence-electron chi connectivity index (χ4n) is 1.82. The van der Waals surface area contributed by atoms with E-state index >= 15 is 0 Å². The van der Waals surface area contributed by atoms with Gasteiger partial charge in [0.05, 0.1) is 11.6 Å². The fraction of sp³-hybridized carbons (Fsp3) is 0.500. The van der Waals surface area contributed by atoms with Gasteiger partial charge in [-0.1, -0.05) is 44.0 Å². The van der Waals surface area contributed by atoms with Crippen molar-refractivity contribution in [2.45, 2.75) is 20.8 Å². The van der Waals surface area contributed by atoms with Gasteiger partial charge in [-0.05, 0) is 30.7 Å². The van der Waals surface area contributed by atoms with Gasteiger partial charge in [0, 0.05) is 17.1 Å².